The van der Waals surface area contributed by atoms with E-state index in [-0.39, 0.29) is 19.6 Å². The van der Waals surface area contributed by atoms with Crippen LogP contribution in [0.4, 0.5) is 4.79 Å². The van der Waals surface area contributed by atoms with Crippen molar-refractivity contribution >= 4 is 18.0 Å². The maximum absolute atomic E-state index is 12.1. The van der Waals surface area contributed by atoms with Crippen molar-refractivity contribution in [3.63, 3.8) is 0 Å². The summed E-state index contributed by atoms with van der Waals surface area (Å²) in [4.78, 5) is 35.2. The zero-order chi connectivity index (χ0) is 14.3. The number of nitrogens with zero attached hydrogens (tertiary/aromatic N) is 1. The zero-order valence-corrected chi connectivity index (χ0v) is 10.6. The van der Waals surface area contributed by atoms with Crippen molar-refractivity contribution in [3.8, 4) is 0 Å². The Morgan fingerprint density at radius 2 is 2.21 bits per heavy atom. The molecule has 106 valence electrons. The molecule has 19 heavy (non-hydrogen) atoms. The van der Waals surface area contributed by atoms with Crippen LogP contribution in [0.2, 0.25) is 0 Å². The van der Waals surface area contributed by atoms with E-state index in [4.69, 9.17) is 9.84 Å². The van der Waals surface area contributed by atoms with Gasteiger partial charge in [-0.05, 0) is 19.4 Å². The highest BCUT2D eigenvalue weighted by molar-refractivity contribution is 5.95. The molecule has 1 aliphatic heterocycles. The minimum Gasteiger partial charge on any atom is -0.481 e. The normalized spacial score (nSPS) is 17.8. The molecular weight excluding hydrogens is 252 g/mol. The molecule has 7 heteroatoms. The summed E-state index contributed by atoms with van der Waals surface area (Å²) in [6, 6.07) is -0.440. The van der Waals surface area contributed by atoms with E-state index in [1.165, 1.54) is 6.08 Å². The third-order valence-electron chi connectivity index (χ3n) is 2.72. The number of ether oxygens (including phenoxy) is 1. The Balaban J connectivity index is 2.65. The van der Waals surface area contributed by atoms with Gasteiger partial charge in [-0.3, -0.25) is 9.59 Å². The molecule has 7 nitrogen and oxygen atoms in total. The highest BCUT2D eigenvalue weighted by Gasteiger charge is 2.31. The Morgan fingerprint density at radius 3 is 2.74 bits per heavy atom. The van der Waals surface area contributed by atoms with Gasteiger partial charge in [0.25, 0.3) is 0 Å². The summed E-state index contributed by atoms with van der Waals surface area (Å²) in [6.07, 6.45) is 1.73. The van der Waals surface area contributed by atoms with Crippen LogP contribution in [0.25, 0.3) is 0 Å². The van der Waals surface area contributed by atoms with Crippen LogP contribution in [-0.4, -0.2) is 53.7 Å². The van der Waals surface area contributed by atoms with Crippen molar-refractivity contribution in [2.24, 2.45) is 0 Å². The predicted octanol–water partition coefficient (Wildman–Crippen LogP) is 0.364. The molecule has 0 aromatic heterocycles. The van der Waals surface area contributed by atoms with E-state index in [0.29, 0.717) is 13.0 Å². The van der Waals surface area contributed by atoms with Gasteiger partial charge in [-0.1, -0.05) is 12.7 Å². The molecule has 2 amide bonds. The lowest BCUT2D eigenvalue weighted by Crippen LogP contribution is -2.47. The number of hydrogen-bond acceptors (Lipinski definition) is 5. The van der Waals surface area contributed by atoms with Crippen LogP contribution in [0, 0.1) is 0 Å². The minimum absolute atomic E-state index is 0.0201. The maximum atomic E-state index is 12.1. The molecule has 0 spiro atoms. The van der Waals surface area contributed by atoms with Crippen LogP contribution in [-0.2, 0) is 14.3 Å². The first-order chi connectivity index (χ1) is 9.06. The standard InChI is InChI=1S/C12H18N2O5/c1-2-8-19-12(18)14(7-5-10(15)16)11(17)9-4-3-6-13-9/h2,9,13H,1,3-8H2,(H,15,16). The lowest BCUT2D eigenvalue weighted by Gasteiger charge is -2.22. The fraction of sp³-hybridized carbons (Fsp3) is 0.583. The first kappa shape index (κ1) is 15.2. The molecule has 1 fully saturated rings. The molecule has 0 saturated carbocycles. The lowest BCUT2D eigenvalue weighted by molar-refractivity contribution is -0.138. The largest absolute Gasteiger partial charge is 0.481 e. The monoisotopic (exact) mass is 270 g/mol. The number of nitrogens with one attached hydrogen (secondary N) is 1. The van der Waals surface area contributed by atoms with Crippen molar-refractivity contribution in [1.82, 2.24) is 10.2 Å². The predicted molar refractivity (Wildman–Crippen MR) is 66.5 cm³/mol. The number of aliphatic carboxylic acids is 1. The molecule has 0 aliphatic carbocycles. The Hall–Kier alpha value is -1.89. The number of carbonyl (C=O) groups is 3. The van der Waals surface area contributed by atoms with Crippen molar-refractivity contribution in [3.05, 3.63) is 12.7 Å². The van der Waals surface area contributed by atoms with Crippen LogP contribution < -0.4 is 5.32 Å². The number of amides is 2. The molecule has 1 saturated heterocycles. The molecule has 0 radical (unpaired) electrons. The van der Waals surface area contributed by atoms with Crippen LogP contribution in [0.3, 0.4) is 0 Å². The van der Waals surface area contributed by atoms with E-state index in [1.807, 2.05) is 0 Å². The molecule has 1 heterocycles. The van der Waals surface area contributed by atoms with E-state index in [1.54, 1.807) is 0 Å². The molecule has 0 bridgehead atoms. The number of carboxylic acids is 1. The Bertz CT molecular complexity index is 363. The van der Waals surface area contributed by atoms with Crippen LogP contribution >= 0.6 is 0 Å². The second-order valence-electron chi connectivity index (χ2n) is 4.15. The fourth-order valence-corrected chi connectivity index (χ4v) is 1.79. The highest BCUT2D eigenvalue weighted by atomic mass is 16.6. The van der Waals surface area contributed by atoms with Gasteiger partial charge in [0.05, 0.1) is 12.5 Å². The fourth-order valence-electron chi connectivity index (χ4n) is 1.79. The van der Waals surface area contributed by atoms with E-state index in [0.717, 1.165) is 11.3 Å². The molecule has 1 atom stereocenters. The first-order valence-corrected chi connectivity index (χ1v) is 6.10. The van der Waals surface area contributed by atoms with Gasteiger partial charge in [-0.15, -0.1) is 0 Å². The van der Waals surface area contributed by atoms with Gasteiger partial charge < -0.3 is 15.2 Å². The summed E-state index contributed by atoms with van der Waals surface area (Å²) in [5.41, 5.74) is 0. The van der Waals surface area contributed by atoms with Crippen LogP contribution in [0.15, 0.2) is 12.7 Å². The number of carboxylic acid groups (broad SMARTS) is 1. The molecule has 0 aromatic carbocycles. The second-order valence-corrected chi connectivity index (χ2v) is 4.15. The van der Waals surface area contributed by atoms with Gasteiger partial charge in [-0.25, -0.2) is 9.69 Å². The van der Waals surface area contributed by atoms with Crippen LogP contribution in [0.5, 0.6) is 0 Å². The third-order valence-corrected chi connectivity index (χ3v) is 2.72. The van der Waals surface area contributed by atoms with Gasteiger partial charge >= 0.3 is 12.1 Å². The van der Waals surface area contributed by atoms with Gasteiger partial charge in [0.2, 0.25) is 5.91 Å². The first-order valence-electron chi connectivity index (χ1n) is 6.10. The van der Waals surface area contributed by atoms with Gasteiger partial charge in [-0.2, -0.15) is 0 Å². The summed E-state index contributed by atoms with van der Waals surface area (Å²) in [5.74, 6) is -1.51. The van der Waals surface area contributed by atoms with E-state index in [2.05, 4.69) is 11.9 Å². The number of hydrogen-bond donors (Lipinski definition) is 2. The SMILES string of the molecule is C=CCOC(=O)N(CCC(=O)O)C(=O)C1CCCN1. The van der Waals surface area contributed by atoms with Gasteiger partial charge in [0, 0.05) is 6.54 Å². The summed E-state index contributed by atoms with van der Waals surface area (Å²) in [6.45, 7) is 3.90. The Morgan fingerprint density at radius 1 is 1.47 bits per heavy atom. The Kier molecular flexibility index (Phi) is 6.01. The quantitative estimate of drug-likeness (QED) is 0.677. The smallest absolute Gasteiger partial charge is 0.416 e. The lowest BCUT2D eigenvalue weighted by atomic mass is 10.2. The van der Waals surface area contributed by atoms with Crippen LogP contribution in [0.1, 0.15) is 19.3 Å². The molecule has 0 aromatic rings. The van der Waals surface area contributed by atoms with Gasteiger partial charge in [0.15, 0.2) is 0 Å². The van der Waals surface area contributed by atoms with Crippen molar-refractivity contribution < 1.29 is 24.2 Å². The summed E-state index contributed by atoms with van der Waals surface area (Å²) in [5, 5.41) is 11.6. The third kappa shape index (κ3) is 4.70. The number of carbonyl (C=O) groups excluding carboxylic acids is 2. The molecule has 2 N–H and O–H groups in total. The average molecular weight is 270 g/mol. The maximum Gasteiger partial charge on any atom is 0.416 e. The average Bonchev–Trinajstić information content (AvgIpc) is 2.89. The second kappa shape index (κ2) is 7.52. The van der Waals surface area contributed by atoms with E-state index in [9.17, 15) is 14.4 Å². The summed E-state index contributed by atoms with van der Waals surface area (Å²) < 4.78 is 4.79. The topological polar surface area (TPSA) is 95.9 Å². The van der Waals surface area contributed by atoms with E-state index < -0.39 is 24.0 Å². The molecule has 1 unspecified atom stereocenters. The summed E-state index contributed by atoms with van der Waals surface area (Å²) in [7, 11) is 0. The summed E-state index contributed by atoms with van der Waals surface area (Å²) >= 11 is 0. The number of imide groups is 1. The number of rotatable bonds is 6. The van der Waals surface area contributed by atoms with Gasteiger partial charge in [0.1, 0.15) is 6.61 Å². The molecule has 1 aliphatic rings. The Labute approximate surface area is 111 Å². The minimum atomic E-state index is -1.08. The molecule has 1 rings (SSSR count). The zero-order valence-electron chi connectivity index (χ0n) is 10.6. The highest BCUT2D eigenvalue weighted by Crippen LogP contribution is 2.10. The molecular formula is C12H18N2O5. The van der Waals surface area contributed by atoms with Crippen molar-refractivity contribution in [2.75, 3.05) is 19.7 Å². The van der Waals surface area contributed by atoms with Crippen molar-refractivity contribution in [2.45, 2.75) is 25.3 Å². The van der Waals surface area contributed by atoms with E-state index >= 15 is 0 Å². The van der Waals surface area contributed by atoms with Crippen molar-refractivity contribution in [1.29, 1.82) is 0 Å².